The van der Waals surface area contributed by atoms with Crippen molar-refractivity contribution in [3.05, 3.63) is 59.5 Å². The minimum atomic E-state index is 0.504. The second-order valence-electron chi connectivity index (χ2n) is 5.54. The zero-order valence-electron chi connectivity index (χ0n) is 13.0. The molecule has 24 heavy (non-hydrogen) atoms. The van der Waals surface area contributed by atoms with Crippen LogP contribution in [0.4, 0.5) is 0 Å². The van der Waals surface area contributed by atoms with Crippen LogP contribution in [0.2, 0.25) is 5.02 Å². The van der Waals surface area contributed by atoms with Gasteiger partial charge in [0, 0.05) is 41.8 Å². The summed E-state index contributed by atoms with van der Waals surface area (Å²) in [5.41, 5.74) is 2.97. The van der Waals surface area contributed by atoms with E-state index in [4.69, 9.17) is 16.0 Å². The fraction of sp³-hybridized carbons (Fsp3) is 0.176. The van der Waals surface area contributed by atoms with Crippen LogP contribution in [-0.2, 0) is 19.9 Å². The number of aryl methyl sites for hydroxylation is 3. The SMILES string of the molecule is Cn1c(-c2nnc(CCc3cncnc3)o2)cc2cc(Cl)ccc21. The van der Waals surface area contributed by atoms with Crippen LogP contribution in [0.3, 0.4) is 0 Å². The van der Waals surface area contributed by atoms with Crippen LogP contribution in [0.15, 0.2) is 47.4 Å². The quantitative estimate of drug-likeness (QED) is 0.569. The number of hydrogen-bond donors (Lipinski definition) is 0. The second kappa shape index (κ2) is 6.05. The summed E-state index contributed by atoms with van der Waals surface area (Å²) in [7, 11) is 1.97. The number of halogens is 1. The van der Waals surface area contributed by atoms with Crippen molar-refractivity contribution in [2.45, 2.75) is 12.8 Å². The van der Waals surface area contributed by atoms with Crippen molar-refractivity contribution in [3.63, 3.8) is 0 Å². The molecule has 3 heterocycles. The average molecular weight is 340 g/mol. The average Bonchev–Trinajstić information content (AvgIpc) is 3.18. The summed E-state index contributed by atoms with van der Waals surface area (Å²) in [6, 6.07) is 7.78. The molecule has 0 aliphatic rings. The van der Waals surface area contributed by atoms with Gasteiger partial charge in [-0.3, -0.25) is 0 Å². The molecule has 4 aromatic rings. The van der Waals surface area contributed by atoms with Gasteiger partial charge in [0.15, 0.2) is 0 Å². The van der Waals surface area contributed by atoms with Gasteiger partial charge in [-0.2, -0.15) is 0 Å². The molecule has 0 saturated heterocycles. The van der Waals surface area contributed by atoms with E-state index in [0.29, 0.717) is 23.2 Å². The molecule has 0 bridgehead atoms. The lowest BCUT2D eigenvalue weighted by Gasteiger charge is -1.99. The molecule has 7 heteroatoms. The smallest absolute Gasteiger partial charge is 0.264 e. The van der Waals surface area contributed by atoms with E-state index in [1.807, 2.05) is 35.9 Å². The molecule has 3 aromatic heterocycles. The number of rotatable bonds is 4. The number of benzene rings is 1. The molecular weight excluding hydrogens is 326 g/mol. The van der Waals surface area contributed by atoms with Crippen molar-refractivity contribution in [2.24, 2.45) is 7.05 Å². The first-order valence-electron chi connectivity index (χ1n) is 7.52. The fourth-order valence-electron chi connectivity index (χ4n) is 2.69. The highest BCUT2D eigenvalue weighted by atomic mass is 35.5. The highest BCUT2D eigenvalue weighted by Gasteiger charge is 2.14. The first kappa shape index (κ1) is 14.8. The van der Waals surface area contributed by atoms with Crippen LogP contribution in [0.1, 0.15) is 11.5 Å². The van der Waals surface area contributed by atoms with E-state index >= 15 is 0 Å². The van der Waals surface area contributed by atoms with Crippen LogP contribution in [0.25, 0.3) is 22.5 Å². The predicted octanol–water partition coefficient (Wildman–Crippen LogP) is 3.46. The van der Waals surface area contributed by atoms with Gasteiger partial charge in [0.05, 0.1) is 0 Å². The van der Waals surface area contributed by atoms with Crippen molar-refractivity contribution >= 4 is 22.5 Å². The standard InChI is InChI=1S/C17H14ClN5O/c1-23-14-4-3-13(18)6-12(14)7-15(23)17-22-21-16(24-17)5-2-11-8-19-10-20-9-11/h3-4,6-10H,2,5H2,1H3. The van der Waals surface area contributed by atoms with Crippen molar-refractivity contribution < 1.29 is 4.42 Å². The van der Waals surface area contributed by atoms with E-state index in [2.05, 4.69) is 20.2 Å². The van der Waals surface area contributed by atoms with E-state index in [9.17, 15) is 0 Å². The maximum atomic E-state index is 6.06. The minimum absolute atomic E-state index is 0.504. The van der Waals surface area contributed by atoms with Crippen LogP contribution in [0, 0.1) is 0 Å². The van der Waals surface area contributed by atoms with Crippen molar-refractivity contribution in [3.8, 4) is 11.6 Å². The van der Waals surface area contributed by atoms with Crippen LogP contribution < -0.4 is 0 Å². The summed E-state index contributed by atoms with van der Waals surface area (Å²) < 4.78 is 7.84. The Morgan fingerprint density at radius 2 is 1.92 bits per heavy atom. The molecule has 0 fully saturated rings. The molecule has 0 amide bonds. The van der Waals surface area contributed by atoms with Crippen LogP contribution in [0.5, 0.6) is 0 Å². The lowest BCUT2D eigenvalue weighted by molar-refractivity contribution is 0.501. The maximum absolute atomic E-state index is 6.06. The highest BCUT2D eigenvalue weighted by molar-refractivity contribution is 6.31. The molecule has 0 spiro atoms. The molecule has 0 saturated carbocycles. The van der Waals surface area contributed by atoms with E-state index in [-0.39, 0.29) is 0 Å². The third-order valence-corrected chi connectivity index (χ3v) is 4.17. The van der Waals surface area contributed by atoms with Gasteiger partial charge in [-0.15, -0.1) is 10.2 Å². The molecule has 0 N–H and O–H groups in total. The molecule has 0 aliphatic carbocycles. The van der Waals surface area contributed by atoms with Crippen LogP contribution >= 0.6 is 11.6 Å². The Hall–Kier alpha value is -2.73. The Labute approximate surface area is 143 Å². The minimum Gasteiger partial charge on any atom is -0.419 e. The van der Waals surface area contributed by atoms with Gasteiger partial charge in [0.2, 0.25) is 5.89 Å². The normalized spacial score (nSPS) is 11.2. The lowest BCUT2D eigenvalue weighted by atomic mass is 10.2. The van der Waals surface area contributed by atoms with Gasteiger partial charge in [0.1, 0.15) is 12.0 Å². The Bertz CT molecular complexity index is 993. The number of aromatic nitrogens is 5. The molecule has 0 unspecified atom stereocenters. The highest BCUT2D eigenvalue weighted by Crippen LogP contribution is 2.28. The van der Waals surface area contributed by atoms with Gasteiger partial charge >= 0.3 is 0 Å². The second-order valence-corrected chi connectivity index (χ2v) is 5.98. The fourth-order valence-corrected chi connectivity index (χ4v) is 2.87. The summed E-state index contributed by atoms with van der Waals surface area (Å²) in [5, 5.41) is 10.1. The monoisotopic (exact) mass is 339 g/mol. The zero-order chi connectivity index (χ0) is 16.5. The third kappa shape index (κ3) is 2.76. The first-order valence-corrected chi connectivity index (χ1v) is 7.90. The molecule has 1 aromatic carbocycles. The van der Waals surface area contributed by atoms with Crippen molar-refractivity contribution in [1.29, 1.82) is 0 Å². The summed E-state index contributed by atoms with van der Waals surface area (Å²) in [6.45, 7) is 0. The van der Waals surface area contributed by atoms with E-state index in [1.54, 1.807) is 12.4 Å². The van der Waals surface area contributed by atoms with Gasteiger partial charge in [-0.1, -0.05) is 11.6 Å². The molecule has 120 valence electrons. The number of fused-ring (bicyclic) bond motifs is 1. The van der Waals surface area contributed by atoms with Gasteiger partial charge < -0.3 is 8.98 Å². The topological polar surface area (TPSA) is 69.6 Å². The summed E-state index contributed by atoms with van der Waals surface area (Å²) >= 11 is 6.06. The van der Waals surface area contributed by atoms with Gasteiger partial charge in [-0.05, 0) is 36.2 Å². The Morgan fingerprint density at radius 3 is 2.75 bits per heavy atom. The Kier molecular flexibility index (Phi) is 3.74. The summed E-state index contributed by atoms with van der Waals surface area (Å²) in [6.07, 6.45) is 6.50. The number of hydrogen-bond acceptors (Lipinski definition) is 5. The van der Waals surface area contributed by atoms with Gasteiger partial charge in [-0.25, -0.2) is 9.97 Å². The summed E-state index contributed by atoms with van der Waals surface area (Å²) in [5.74, 6) is 1.10. The maximum Gasteiger partial charge on any atom is 0.264 e. The largest absolute Gasteiger partial charge is 0.419 e. The number of nitrogens with zero attached hydrogens (tertiary/aromatic N) is 5. The lowest BCUT2D eigenvalue weighted by Crippen LogP contribution is -1.93. The molecule has 0 aliphatic heterocycles. The van der Waals surface area contributed by atoms with Crippen molar-refractivity contribution in [2.75, 3.05) is 0 Å². The molecule has 4 rings (SSSR count). The third-order valence-electron chi connectivity index (χ3n) is 3.93. The molecule has 0 atom stereocenters. The predicted molar refractivity (Wildman–Crippen MR) is 90.7 cm³/mol. The van der Waals surface area contributed by atoms with E-state index in [1.165, 1.54) is 6.33 Å². The Morgan fingerprint density at radius 1 is 1.08 bits per heavy atom. The molecule has 0 radical (unpaired) electrons. The van der Waals surface area contributed by atoms with E-state index in [0.717, 1.165) is 28.6 Å². The first-order chi connectivity index (χ1) is 11.7. The molecular formula is C17H14ClN5O. The van der Waals surface area contributed by atoms with Gasteiger partial charge in [0.25, 0.3) is 5.89 Å². The summed E-state index contributed by atoms with van der Waals surface area (Å²) in [4.78, 5) is 8.00. The molecule has 6 nitrogen and oxygen atoms in total. The van der Waals surface area contributed by atoms with Crippen LogP contribution in [-0.4, -0.2) is 24.7 Å². The zero-order valence-corrected chi connectivity index (χ0v) is 13.7. The van der Waals surface area contributed by atoms with E-state index < -0.39 is 0 Å². The van der Waals surface area contributed by atoms with Crippen molar-refractivity contribution in [1.82, 2.24) is 24.7 Å². The Balaban J connectivity index is 1.59.